The molecule has 1 aromatic heterocycles. The summed E-state index contributed by atoms with van der Waals surface area (Å²) >= 11 is 0. The van der Waals surface area contributed by atoms with Crippen molar-refractivity contribution >= 4 is 21.7 Å². The molecule has 6 rings (SSSR count). The quantitative estimate of drug-likeness (QED) is 0.366. The molecular weight excluding hydrogens is 627 g/mol. The van der Waals surface area contributed by atoms with Crippen molar-refractivity contribution in [1.82, 2.24) is 24.5 Å². The summed E-state index contributed by atoms with van der Waals surface area (Å²) in [6.07, 6.45) is 7.62. The molecule has 0 radical (unpaired) electrons. The second-order valence-corrected chi connectivity index (χ2v) is 15.9. The number of likely N-dealkylation sites (tertiary alicyclic amines) is 1. The van der Waals surface area contributed by atoms with Gasteiger partial charge in [-0.05, 0) is 90.6 Å². The number of halogens is 1. The van der Waals surface area contributed by atoms with E-state index in [9.17, 15) is 22.7 Å². The van der Waals surface area contributed by atoms with Gasteiger partial charge in [0.1, 0.15) is 17.9 Å². The Kier molecular flexibility index (Phi) is 10.1. The molecule has 3 saturated heterocycles. The molecule has 3 aliphatic heterocycles. The first-order valence-corrected chi connectivity index (χ1v) is 18.5. The lowest BCUT2D eigenvalue weighted by atomic mass is 9.72. The molecule has 0 unspecified atom stereocenters. The van der Waals surface area contributed by atoms with Crippen LogP contribution >= 0.6 is 0 Å². The van der Waals surface area contributed by atoms with E-state index in [1.165, 1.54) is 24.5 Å². The highest BCUT2D eigenvalue weighted by Crippen LogP contribution is 2.45. The molecule has 1 amide bonds. The zero-order chi connectivity index (χ0) is 33.3. The lowest BCUT2D eigenvalue weighted by Crippen LogP contribution is -2.61. The van der Waals surface area contributed by atoms with Gasteiger partial charge in [-0.25, -0.2) is 27.5 Å². The van der Waals surface area contributed by atoms with Crippen molar-refractivity contribution in [1.29, 1.82) is 0 Å². The lowest BCUT2D eigenvalue weighted by Gasteiger charge is -2.54. The molecule has 1 aromatic carbocycles. The molecule has 1 saturated carbocycles. The molecule has 2 N–H and O–H groups in total. The van der Waals surface area contributed by atoms with Gasteiger partial charge in [-0.15, -0.1) is 0 Å². The molecule has 258 valence electrons. The smallest absolute Gasteiger partial charge is 0.258 e. The van der Waals surface area contributed by atoms with Crippen LogP contribution in [0.25, 0.3) is 0 Å². The van der Waals surface area contributed by atoms with Gasteiger partial charge in [-0.2, -0.15) is 0 Å². The number of aromatic nitrogens is 2. The Hall–Kier alpha value is -2.91. The predicted molar refractivity (Wildman–Crippen MR) is 175 cm³/mol. The second-order valence-electron chi connectivity index (χ2n) is 13.9. The van der Waals surface area contributed by atoms with E-state index in [0.29, 0.717) is 31.0 Å². The van der Waals surface area contributed by atoms with Gasteiger partial charge in [0.2, 0.25) is 10.0 Å². The monoisotopic (exact) mass is 674 g/mol. The zero-order valence-electron chi connectivity index (χ0n) is 27.5. The number of ether oxygens (including phenoxy) is 2. The standard InChI is InChI=1S/C33H47FN6O6S/c1-4-47(43,44)37-24-6-7-25(45-18-24)17-38-13-11-33(12-14-38)19-39(20-33)31-30(16-35-21-36-31)46-29-10-5-23(34)15-26(29)32(42)40(22(2)3)27-8-9-28(27)41/h5,10,15-16,21-22,24-25,27-28,37,41H,4,6-9,11-14,17-20H2,1-3H3/t24-,25+,27-,28+/m1/s1. The number of nitrogens with one attached hydrogen (secondary N) is 1. The Morgan fingerprint density at radius 1 is 1.19 bits per heavy atom. The zero-order valence-corrected chi connectivity index (χ0v) is 28.3. The number of sulfonamides is 1. The van der Waals surface area contributed by atoms with Gasteiger partial charge >= 0.3 is 0 Å². The molecular formula is C33H47FN6O6S. The summed E-state index contributed by atoms with van der Waals surface area (Å²) in [6, 6.07) is 3.28. The van der Waals surface area contributed by atoms with Gasteiger partial charge in [0.05, 0.1) is 42.4 Å². The van der Waals surface area contributed by atoms with Gasteiger partial charge in [-0.3, -0.25) is 4.79 Å². The third-order valence-corrected chi connectivity index (χ3v) is 11.7. The highest BCUT2D eigenvalue weighted by molar-refractivity contribution is 7.89. The largest absolute Gasteiger partial charge is 0.451 e. The van der Waals surface area contributed by atoms with Gasteiger partial charge in [0.15, 0.2) is 11.6 Å². The van der Waals surface area contributed by atoms with Gasteiger partial charge < -0.3 is 29.3 Å². The van der Waals surface area contributed by atoms with E-state index in [1.54, 1.807) is 18.0 Å². The topological polar surface area (TPSA) is 137 Å². The van der Waals surface area contributed by atoms with Crippen LogP contribution in [-0.2, 0) is 14.8 Å². The molecule has 1 aliphatic carbocycles. The van der Waals surface area contributed by atoms with Crippen LogP contribution in [-0.4, -0.2) is 115 Å². The number of benzene rings is 1. The van der Waals surface area contributed by atoms with E-state index >= 15 is 0 Å². The van der Waals surface area contributed by atoms with Crippen molar-refractivity contribution < 1.29 is 32.2 Å². The normalized spacial score (nSPS) is 26.1. The fourth-order valence-electron chi connectivity index (χ4n) is 7.30. The Morgan fingerprint density at radius 3 is 2.57 bits per heavy atom. The maximum absolute atomic E-state index is 14.5. The number of amides is 1. The Labute approximate surface area is 276 Å². The third-order valence-electron chi connectivity index (χ3n) is 10.2. The van der Waals surface area contributed by atoms with E-state index in [-0.39, 0.29) is 52.6 Å². The first-order valence-electron chi connectivity index (χ1n) is 16.8. The number of aliphatic hydroxyl groups is 1. The number of rotatable bonds is 11. The van der Waals surface area contributed by atoms with Crippen molar-refractivity contribution in [3.05, 3.63) is 42.1 Å². The van der Waals surface area contributed by atoms with E-state index in [0.717, 1.165) is 58.4 Å². The van der Waals surface area contributed by atoms with Gasteiger partial charge in [-0.1, -0.05) is 0 Å². The van der Waals surface area contributed by atoms with Crippen LogP contribution in [0.4, 0.5) is 10.2 Å². The van der Waals surface area contributed by atoms with Crippen LogP contribution in [0.3, 0.4) is 0 Å². The van der Waals surface area contributed by atoms with Crippen molar-refractivity contribution in [3.8, 4) is 11.5 Å². The van der Waals surface area contributed by atoms with Crippen LogP contribution in [0.5, 0.6) is 11.5 Å². The number of aliphatic hydroxyl groups excluding tert-OH is 1. The SMILES string of the molecule is CCS(=O)(=O)N[C@@H]1CC[C@@H](CN2CCC3(CC2)CN(c2ncncc2Oc2ccc(F)cc2C(=O)N(C(C)C)[C@@H]2CC[C@@H]2O)C3)OC1. The number of piperidine rings is 1. The molecule has 4 atom stereocenters. The summed E-state index contributed by atoms with van der Waals surface area (Å²) in [6.45, 7) is 10.3. The average Bonchev–Trinajstić information content (AvgIpc) is 3.03. The number of hydrogen-bond acceptors (Lipinski definition) is 10. The number of hydrogen-bond donors (Lipinski definition) is 2. The molecule has 1 spiro atoms. The van der Waals surface area contributed by atoms with Crippen molar-refractivity contribution in [2.45, 2.75) is 89.6 Å². The number of nitrogens with zero attached hydrogens (tertiary/aromatic N) is 5. The number of anilines is 1. The second kappa shape index (κ2) is 13.9. The molecule has 0 bridgehead atoms. The van der Waals surface area contributed by atoms with E-state index in [4.69, 9.17) is 9.47 Å². The maximum atomic E-state index is 14.5. The number of carbonyl (C=O) groups is 1. The van der Waals surface area contributed by atoms with Crippen LogP contribution in [0.2, 0.25) is 0 Å². The Balaban J connectivity index is 1.05. The van der Waals surface area contributed by atoms with Crippen LogP contribution in [0.15, 0.2) is 30.7 Å². The molecule has 12 nitrogen and oxygen atoms in total. The van der Waals surface area contributed by atoms with Gasteiger partial charge in [0, 0.05) is 37.1 Å². The lowest BCUT2D eigenvalue weighted by molar-refractivity contribution is -0.0299. The summed E-state index contributed by atoms with van der Waals surface area (Å²) in [5, 5.41) is 10.3. The van der Waals surface area contributed by atoms with E-state index in [2.05, 4.69) is 24.5 Å². The maximum Gasteiger partial charge on any atom is 0.258 e. The fraction of sp³-hybridized carbons (Fsp3) is 0.667. The third kappa shape index (κ3) is 7.56. The van der Waals surface area contributed by atoms with Crippen LogP contribution in [0, 0.1) is 11.2 Å². The summed E-state index contributed by atoms with van der Waals surface area (Å²) < 4.78 is 53.3. The van der Waals surface area contributed by atoms with Crippen molar-refractivity contribution in [3.63, 3.8) is 0 Å². The van der Waals surface area contributed by atoms with E-state index < -0.39 is 21.9 Å². The molecule has 4 aliphatic rings. The summed E-state index contributed by atoms with van der Waals surface area (Å²) in [5.41, 5.74) is 0.272. The Morgan fingerprint density at radius 2 is 1.96 bits per heavy atom. The number of carbonyl (C=O) groups excluding carboxylic acids is 1. The summed E-state index contributed by atoms with van der Waals surface area (Å²) in [5.74, 6) is 0.397. The summed E-state index contributed by atoms with van der Waals surface area (Å²) in [4.78, 5) is 28.7. The fourth-order valence-corrected chi connectivity index (χ4v) is 8.16. The van der Waals surface area contributed by atoms with Crippen molar-refractivity contribution in [2.75, 3.05) is 50.0 Å². The minimum absolute atomic E-state index is 0.0751. The Bertz CT molecular complexity index is 1520. The molecule has 4 fully saturated rings. The minimum Gasteiger partial charge on any atom is -0.451 e. The molecule has 47 heavy (non-hydrogen) atoms. The minimum atomic E-state index is -3.23. The molecule has 2 aromatic rings. The van der Waals surface area contributed by atoms with Crippen LogP contribution in [0.1, 0.15) is 69.7 Å². The molecule has 14 heteroatoms. The average molecular weight is 675 g/mol. The first-order chi connectivity index (χ1) is 22.5. The predicted octanol–water partition coefficient (Wildman–Crippen LogP) is 3.17. The van der Waals surface area contributed by atoms with Crippen molar-refractivity contribution in [2.24, 2.45) is 5.41 Å². The highest BCUT2D eigenvalue weighted by Gasteiger charge is 2.46. The highest BCUT2D eigenvalue weighted by atomic mass is 32.2. The van der Waals surface area contributed by atoms with Gasteiger partial charge in [0.25, 0.3) is 5.91 Å². The molecule has 4 heterocycles. The van der Waals surface area contributed by atoms with E-state index in [1.807, 2.05) is 13.8 Å². The first kappa shape index (κ1) is 34.0. The van der Waals surface area contributed by atoms with Crippen LogP contribution < -0.4 is 14.4 Å². The summed E-state index contributed by atoms with van der Waals surface area (Å²) in [7, 11) is -3.23.